The van der Waals surface area contributed by atoms with Crippen LogP contribution in [0.3, 0.4) is 0 Å². The average molecular weight is 645 g/mol. The van der Waals surface area contributed by atoms with Crippen molar-refractivity contribution in [3.05, 3.63) is 186 Å². The summed E-state index contributed by atoms with van der Waals surface area (Å²) in [5.74, 6) is 0. The lowest BCUT2D eigenvalue weighted by molar-refractivity contribution is 0.443. The maximum absolute atomic E-state index is 6.20. The van der Waals surface area contributed by atoms with E-state index in [1.807, 2.05) is 12.1 Å². The van der Waals surface area contributed by atoms with Gasteiger partial charge < -0.3 is 9.73 Å². The molecule has 50 heavy (non-hydrogen) atoms. The summed E-state index contributed by atoms with van der Waals surface area (Å²) in [5, 5.41) is 12.7. The van der Waals surface area contributed by atoms with Gasteiger partial charge in [-0.05, 0) is 85.6 Å². The molecule has 2 unspecified atom stereocenters. The van der Waals surface area contributed by atoms with Crippen molar-refractivity contribution in [2.75, 3.05) is 0 Å². The number of fused-ring (bicyclic) bond motifs is 7. The lowest BCUT2D eigenvalue weighted by Crippen LogP contribution is -2.39. The van der Waals surface area contributed by atoms with Crippen LogP contribution in [0.1, 0.15) is 53.9 Å². The molecule has 7 aromatic carbocycles. The molecule has 2 N–H and O–H groups in total. The van der Waals surface area contributed by atoms with E-state index in [9.17, 15) is 0 Å². The van der Waals surface area contributed by atoms with Crippen LogP contribution in [-0.2, 0) is 5.41 Å². The summed E-state index contributed by atoms with van der Waals surface area (Å²) < 4.78 is 6.20. The van der Waals surface area contributed by atoms with Crippen molar-refractivity contribution in [3.63, 3.8) is 0 Å². The van der Waals surface area contributed by atoms with Gasteiger partial charge in [-0.25, -0.2) is 0 Å². The Hall–Kier alpha value is -5.90. The Kier molecular flexibility index (Phi) is 6.43. The molecule has 1 aliphatic heterocycles. The number of hydrogen-bond acceptors (Lipinski definition) is 3. The first-order valence-electron chi connectivity index (χ1n) is 17.5. The van der Waals surface area contributed by atoms with Crippen LogP contribution >= 0.6 is 0 Å². The lowest BCUT2D eigenvalue weighted by atomic mass is 9.81. The van der Waals surface area contributed by atoms with E-state index in [0.717, 1.165) is 27.6 Å². The zero-order valence-corrected chi connectivity index (χ0v) is 28.1. The number of furan rings is 1. The quantitative estimate of drug-likeness (QED) is 0.200. The van der Waals surface area contributed by atoms with Gasteiger partial charge in [0.05, 0.1) is 6.04 Å². The standard InChI is InChI=1S/C47H36N2O/c1-47(2)38-19-10-18-35(44(38)37-26-32-14-6-7-15-33(32)27-39(37)47)41-28-40(48-46(49-41)31-12-4-3-5-13-31)30-24-22-29(23-25-30)34-17-11-21-43-45(34)36-16-8-9-20-42(36)50-43/h3-28,40,46,48-49H,1-2H3. The van der Waals surface area contributed by atoms with Crippen LogP contribution in [0, 0.1) is 0 Å². The Morgan fingerprint density at radius 1 is 0.560 bits per heavy atom. The summed E-state index contributed by atoms with van der Waals surface area (Å²) in [6.45, 7) is 4.73. The second kappa shape index (κ2) is 11.1. The fourth-order valence-electron chi connectivity index (χ4n) is 8.41. The van der Waals surface area contributed by atoms with Crippen LogP contribution in [0.4, 0.5) is 0 Å². The van der Waals surface area contributed by atoms with Crippen LogP contribution in [0.5, 0.6) is 0 Å². The van der Waals surface area contributed by atoms with E-state index in [0.29, 0.717) is 0 Å². The second-order valence-electron chi connectivity index (χ2n) is 14.2. The van der Waals surface area contributed by atoms with Gasteiger partial charge in [0.15, 0.2) is 0 Å². The summed E-state index contributed by atoms with van der Waals surface area (Å²) in [6, 6.07) is 54.8. The second-order valence-corrected chi connectivity index (χ2v) is 14.2. The van der Waals surface area contributed by atoms with E-state index in [-0.39, 0.29) is 17.6 Å². The van der Waals surface area contributed by atoms with Crippen LogP contribution < -0.4 is 10.6 Å². The molecule has 8 aromatic rings. The highest BCUT2D eigenvalue weighted by Crippen LogP contribution is 2.52. The molecule has 2 aliphatic rings. The molecule has 2 atom stereocenters. The number of nitrogens with one attached hydrogen (secondary N) is 2. The van der Waals surface area contributed by atoms with Gasteiger partial charge in [0.25, 0.3) is 0 Å². The normalized spacial score (nSPS) is 17.8. The van der Waals surface area contributed by atoms with Crippen molar-refractivity contribution < 1.29 is 4.42 Å². The fourth-order valence-corrected chi connectivity index (χ4v) is 8.41. The Bertz CT molecular complexity index is 2630. The molecule has 2 heterocycles. The summed E-state index contributed by atoms with van der Waals surface area (Å²) in [7, 11) is 0. The number of para-hydroxylation sites is 1. The maximum Gasteiger partial charge on any atom is 0.136 e. The van der Waals surface area contributed by atoms with E-state index in [1.165, 1.54) is 60.8 Å². The molecule has 0 radical (unpaired) electrons. The first kappa shape index (κ1) is 29.1. The van der Waals surface area contributed by atoms with Crippen molar-refractivity contribution in [1.82, 2.24) is 10.6 Å². The van der Waals surface area contributed by atoms with E-state index in [2.05, 4.69) is 170 Å². The molecule has 0 fully saturated rings. The SMILES string of the molecule is CC1(C)c2cc3ccccc3cc2-c2c(C3=CC(c4ccc(-c5cccc6oc7ccccc7c56)cc4)NC(c4ccccc4)N3)cccc21. The van der Waals surface area contributed by atoms with Gasteiger partial charge >= 0.3 is 0 Å². The fraction of sp³-hybridized carbons (Fsp3) is 0.106. The van der Waals surface area contributed by atoms with Gasteiger partial charge in [0.1, 0.15) is 17.3 Å². The van der Waals surface area contributed by atoms with Crippen LogP contribution in [0.2, 0.25) is 0 Å². The van der Waals surface area contributed by atoms with E-state index >= 15 is 0 Å². The van der Waals surface area contributed by atoms with Crippen molar-refractivity contribution in [2.24, 2.45) is 0 Å². The van der Waals surface area contributed by atoms with Crippen molar-refractivity contribution in [1.29, 1.82) is 0 Å². The molecule has 3 heteroatoms. The third-order valence-corrected chi connectivity index (χ3v) is 11.0. The van der Waals surface area contributed by atoms with Crippen molar-refractivity contribution in [2.45, 2.75) is 31.5 Å². The molecule has 0 amide bonds. The number of rotatable bonds is 4. The molecule has 0 saturated heterocycles. The Morgan fingerprint density at radius 3 is 2.10 bits per heavy atom. The van der Waals surface area contributed by atoms with Crippen LogP contribution in [-0.4, -0.2) is 0 Å². The monoisotopic (exact) mass is 644 g/mol. The van der Waals surface area contributed by atoms with Crippen LogP contribution in [0.25, 0.3) is 60.7 Å². The Labute approximate surface area is 291 Å². The first-order valence-corrected chi connectivity index (χ1v) is 17.5. The smallest absolute Gasteiger partial charge is 0.136 e. The number of hydrogen-bond donors (Lipinski definition) is 2. The van der Waals surface area contributed by atoms with Gasteiger partial charge in [0.2, 0.25) is 0 Å². The Morgan fingerprint density at radius 2 is 1.26 bits per heavy atom. The van der Waals surface area contributed by atoms with Gasteiger partial charge in [0, 0.05) is 27.4 Å². The van der Waals surface area contributed by atoms with E-state index in [1.54, 1.807) is 0 Å². The minimum absolute atomic E-state index is 0.00241. The van der Waals surface area contributed by atoms with E-state index < -0.39 is 0 Å². The van der Waals surface area contributed by atoms with Crippen molar-refractivity contribution >= 4 is 38.4 Å². The lowest BCUT2D eigenvalue weighted by Gasteiger charge is -2.34. The predicted molar refractivity (Wildman–Crippen MR) is 207 cm³/mol. The zero-order chi connectivity index (χ0) is 33.4. The zero-order valence-electron chi connectivity index (χ0n) is 28.1. The Balaban J connectivity index is 1.10. The first-order chi connectivity index (χ1) is 24.5. The highest BCUT2D eigenvalue weighted by molar-refractivity contribution is 6.12. The predicted octanol–water partition coefficient (Wildman–Crippen LogP) is 11.7. The topological polar surface area (TPSA) is 37.2 Å². The van der Waals surface area contributed by atoms with Gasteiger partial charge in [-0.1, -0.05) is 141 Å². The van der Waals surface area contributed by atoms with Gasteiger partial charge in [-0.3, -0.25) is 5.32 Å². The molecule has 240 valence electrons. The minimum atomic E-state index is -0.102. The van der Waals surface area contributed by atoms with Gasteiger partial charge in [-0.15, -0.1) is 0 Å². The molecular weight excluding hydrogens is 609 g/mol. The molecule has 0 spiro atoms. The third kappa shape index (κ3) is 4.47. The molecule has 0 saturated carbocycles. The average Bonchev–Trinajstić information content (AvgIpc) is 3.66. The largest absolute Gasteiger partial charge is 0.456 e. The summed E-state index contributed by atoms with van der Waals surface area (Å²) >= 11 is 0. The molecule has 1 aliphatic carbocycles. The molecule has 3 nitrogen and oxygen atoms in total. The highest BCUT2D eigenvalue weighted by Gasteiger charge is 2.38. The van der Waals surface area contributed by atoms with Crippen LogP contribution in [0.15, 0.2) is 162 Å². The molecule has 1 aromatic heterocycles. The number of benzene rings is 7. The maximum atomic E-state index is 6.20. The third-order valence-electron chi connectivity index (χ3n) is 11.0. The van der Waals surface area contributed by atoms with Gasteiger partial charge in [-0.2, -0.15) is 0 Å². The highest BCUT2D eigenvalue weighted by atomic mass is 16.3. The van der Waals surface area contributed by atoms with Crippen molar-refractivity contribution in [3.8, 4) is 22.3 Å². The molecular formula is C47H36N2O. The molecule has 0 bridgehead atoms. The minimum Gasteiger partial charge on any atom is -0.456 e. The van der Waals surface area contributed by atoms with E-state index in [4.69, 9.17) is 4.42 Å². The summed E-state index contributed by atoms with van der Waals surface area (Å²) in [4.78, 5) is 0. The summed E-state index contributed by atoms with van der Waals surface area (Å²) in [5.41, 5.74) is 14.3. The molecule has 10 rings (SSSR count). The summed E-state index contributed by atoms with van der Waals surface area (Å²) in [6.07, 6.45) is 2.31.